The maximum absolute atomic E-state index is 9.41. The van der Waals surface area contributed by atoms with Gasteiger partial charge in [0.25, 0.3) is 0 Å². The molecule has 0 aliphatic rings. The van der Waals surface area contributed by atoms with Crippen LogP contribution in [0.2, 0.25) is 0 Å². The van der Waals surface area contributed by atoms with Crippen LogP contribution in [0, 0.1) is 0 Å². The Morgan fingerprint density at radius 2 is 1.94 bits per heavy atom. The van der Waals surface area contributed by atoms with Crippen LogP contribution in [0.15, 0.2) is 0 Å². The second kappa shape index (κ2) is 4.14. The Bertz CT molecular complexity index is 499. The van der Waals surface area contributed by atoms with Crippen LogP contribution in [0.5, 0.6) is 0 Å². The standard InChI is InChI=1S/C11H17N3OS/c1-6(2)9-8(5-15)14-11(12-9)16-10(13-14)7(3)4/h6-7,15H,5H2,1-4H3. The Morgan fingerprint density at radius 1 is 1.25 bits per heavy atom. The van der Waals surface area contributed by atoms with Crippen molar-refractivity contribution in [3.8, 4) is 0 Å². The third-order valence-corrected chi connectivity index (χ3v) is 3.74. The van der Waals surface area contributed by atoms with Gasteiger partial charge in [0, 0.05) is 5.92 Å². The van der Waals surface area contributed by atoms with Gasteiger partial charge < -0.3 is 5.11 Å². The highest BCUT2D eigenvalue weighted by molar-refractivity contribution is 7.16. The zero-order valence-corrected chi connectivity index (χ0v) is 10.9. The Labute approximate surface area is 98.9 Å². The number of hydrogen-bond donors (Lipinski definition) is 1. The summed E-state index contributed by atoms with van der Waals surface area (Å²) in [5.41, 5.74) is 1.78. The summed E-state index contributed by atoms with van der Waals surface area (Å²) in [6.07, 6.45) is 0. The van der Waals surface area contributed by atoms with Gasteiger partial charge in [-0.2, -0.15) is 5.10 Å². The van der Waals surface area contributed by atoms with Gasteiger partial charge >= 0.3 is 0 Å². The molecular weight excluding hydrogens is 222 g/mol. The predicted molar refractivity (Wildman–Crippen MR) is 65.0 cm³/mol. The van der Waals surface area contributed by atoms with Gasteiger partial charge in [-0.15, -0.1) is 0 Å². The lowest BCUT2D eigenvalue weighted by Gasteiger charge is -2.03. The van der Waals surface area contributed by atoms with Crippen molar-refractivity contribution >= 4 is 16.3 Å². The van der Waals surface area contributed by atoms with E-state index in [1.165, 1.54) is 0 Å². The van der Waals surface area contributed by atoms with Crippen molar-refractivity contribution < 1.29 is 5.11 Å². The van der Waals surface area contributed by atoms with Gasteiger partial charge in [-0.05, 0) is 5.92 Å². The first-order valence-electron chi connectivity index (χ1n) is 5.53. The number of rotatable bonds is 3. The first kappa shape index (κ1) is 11.5. The summed E-state index contributed by atoms with van der Waals surface area (Å²) in [6.45, 7) is 8.38. The van der Waals surface area contributed by atoms with Crippen LogP contribution in [0.3, 0.4) is 0 Å². The van der Waals surface area contributed by atoms with Gasteiger partial charge in [-0.3, -0.25) is 0 Å². The van der Waals surface area contributed by atoms with Crippen molar-refractivity contribution in [2.75, 3.05) is 0 Å². The average molecular weight is 239 g/mol. The molecule has 16 heavy (non-hydrogen) atoms. The Hall–Kier alpha value is -0.940. The van der Waals surface area contributed by atoms with Crippen LogP contribution < -0.4 is 0 Å². The topological polar surface area (TPSA) is 50.4 Å². The number of aliphatic hydroxyl groups is 1. The zero-order chi connectivity index (χ0) is 11.9. The van der Waals surface area contributed by atoms with E-state index in [0.717, 1.165) is 21.4 Å². The molecule has 2 aromatic heterocycles. The monoisotopic (exact) mass is 239 g/mol. The molecule has 0 radical (unpaired) electrons. The molecule has 4 nitrogen and oxygen atoms in total. The van der Waals surface area contributed by atoms with Crippen molar-refractivity contribution in [1.82, 2.24) is 14.6 Å². The number of fused-ring (bicyclic) bond motifs is 1. The van der Waals surface area contributed by atoms with E-state index >= 15 is 0 Å². The van der Waals surface area contributed by atoms with Gasteiger partial charge in [0.15, 0.2) is 0 Å². The zero-order valence-electron chi connectivity index (χ0n) is 10.1. The van der Waals surface area contributed by atoms with Crippen molar-refractivity contribution in [2.45, 2.75) is 46.1 Å². The fraction of sp³-hybridized carbons (Fsp3) is 0.636. The number of aromatic nitrogens is 3. The largest absolute Gasteiger partial charge is 0.390 e. The maximum Gasteiger partial charge on any atom is 0.212 e. The number of aliphatic hydroxyl groups excluding tert-OH is 1. The molecule has 88 valence electrons. The van der Waals surface area contributed by atoms with Gasteiger partial charge in [-0.25, -0.2) is 9.50 Å². The molecule has 2 heterocycles. The van der Waals surface area contributed by atoms with Crippen LogP contribution in [0.25, 0.3) is 4.96 Å². The minimum Gasteiger partial charge on any atom is -0.390 e. The molecular formula is C11H17N3OS. The minimum absolute atomic E-state index is 0.00402. The molecule has 5 heteroatoms. The fourth-order valence-electron chi connectivity index (χ4n) is 1.66. The first-order valence-corrected chi connectivity index (χ1v) is 6.35. The van der Waals surface area contributed by atoms with Gasteiger partial charge in [0.2, 0.25) is 4.96 Å². The molecule has 0 atom stereocenters. The molecule has 1 N–H and O–H groups in total. The van der Waals surface area contributed by atoms with Crippen LogP contribution in [-0.2, 0) is 6.61 Å². The molecule has 0 aromatic carbocycles. The van der Waals surface area contributed by atoms with Crippen LogP contribution in [0.4, 0.5) is 0 Å². The highest BCUT2D eigenvalue weighted by atomic mass is 32.1. The Morgan fingerprint density at radius 3 is 2.44 bits per heavy atom. The molecule has 0 bridgehead atoms. The third-order valence-electron chi connectivity index (χ3n) is 2.53. The molecule has 0 saturated carbocycles. The van der Waals surface area contributed by atoms with Crippen molar-refractivity contribution in [1.29, 1.82) is 0 Å². The molecule has 0 aliphatic carbocycles. The summed E-state index contributed by atoms with van der Waals surface area (Å²) < 4.78 is 1.79. The first-order chi connectivity index (χ1) is 7.54. The summed E-state index contributed by atoms with van der Waals surface area (Å²) in [5, 5.41) is 15.0. The van der Waals surface area contributed by atoms with Gasteiger partial charge in [0.1, 0.15) is 5.01 Å². The quantitative estimate of drug-likeness (QED) is 0.895. The van der Waals surface area contributed by atoms with E-state index in [4.69, 9.17) is 0 Å². The predicted octanol–water partition coefficient (Wildman–Crippen LogP) is 2.53. The lowest BCUT2D eigenvalue weighted by atomic mass is 10.1. The molecule has 0 spiro atoms. The Kier molecular flexibility index (Phi) is 2.99. The highest BCUT2D eigenvalue weighted by Crippen LogP contribution is 2.27. The van der Waals surface area contributed by atoms with E-state index in [2.05, 4.69) is 37.8 Å². The second-order valence-corrected chi connectivity index (χ2v) is 5.53. The van der Waals surface area contributed by atoms with Gasteiger partial charge in [0.05, 0.1) is 18.0 Å². The SMILES string of the molecule is CC(C)c1nn2c(CO)c(C(C)C)nc2s1. The lowest BCUT2D eigenvalue weighted by Crippen LogP contribution is -2.00. The molecule has 2 rings (SSSR count). The normalized spacial score (nSPS) is 12.2. The summed E-state index contributed by atoms with van der Waals surface area (Å²) in [4.78, 5) is 5.43. The van der Waals surface area contributed by atoms with E-state index in [0.29, 0.717) is 11.8 Å². The smallest absolute Gasteiger partial charge is 0.212 e. The van der Waals surface area contributed by atoms with Crippen molar-refractivity contribution in [3.05, 3.63) is 16.4 Å². The molecule has 0 saturated heterocycles. The Balaban J connectivity index is 2.60. The van der Waals surface area contributed by atoms with E-state index in [1.807, 2.05) is 0 Å². The van der Waals surface area contributed by atoms with Crippen molar-refractivity contribution in [2.24, 2.45) is 0 Å². The summed E-state index contributed by atoms with van der Waals surface area (Å²) in [5.74, 6) is 0.722. The summed E-state index contributed by atoms with van der Waals surface area (Å²) >= 11 is 1.60. The summed E-state index contributed by atoms with van der Waals surface area (Å²) in [7, 11) is 0. The van der Waals surface area contributed by atoms with Crippen molar-refractivity contribution in [3.63, 3.8) is 0 Å². The van der Waals surface area contributed by atoms with Crippen LogP contribution in [0.1, 0.15) is 55.9 Å². The number of imidazole rings is 1. The lowest BCUT2D eigenvalue weighted by molar-refractivity contribution is 0.272. The van der Waals surface area contributed by atoms with Gasteiger partial charge in [-0.1, -0.05) is 39.0 Å². The second-order valence-electron chi connectivity index (χ2n) is 4.55. The van der Waals surface area contributed by atoms with E-state index in [-0.39, 0.29) is 6.61 Å². The minimum atomic E-state index is -0.00402. The molecule has 0 aliphatic heterocycles. The molecule has 0 unspecified atom stereocenters. The van der Waals surface area contributed by atoms with E-state index in [9.17, 15) is 5.11 Å². The van der Waals surface area contributed by atoms with E-state index < -0.39 is 0 Å². The average Bonchev–Trinajstić information content (AvgIpc) is 2.72. The molecule has 0 fully saturated rings. The summed E-state index contributed by atoms with van der Waals surface area (Å²) in [6, 6.07) is 0. The van der Waals surface area contributed by atoms with E-state index in [1.54, 1.807) is 15.9 Å². The third kappa shape index (κ3) is 1.74. The molecule has 2 aromatic rings. The van der Waals surface area contributed by atoms with Crippen LogP contribution >= 0.6 is 11.3 Å². The highest BCUT2D eigenvalue weighted by Gasteiger charge is 2.18. The van der Waals surface area contributed by atoms with Crippen LogP contribution in [-0.4, -0.2) is 19.7 Å². The fourth-order valence-corrected chi connectivity index (χ4v) is 2.59. The number of hydrogen-bond acceptors (Lipinski definition) is 4. The number of nitrogens with zero attached hydrogens (tertiary/aromatic N) is 3. The maximum atomic E-state index is 9.41. The molecule has 0 amide bonds.